The Morgan fingerprint density at radius 2 is 2.11 bits per heavy atom. The zero-order chi connectivity index (χ0) is 14.4. The second-order valence-corrected chi connectivity index (χ2v) is 5.35. The molecule has 0 spiro atoms. The first-order valence-electron chi connectivity index (χ1n) is 6.19. The fraction of sp³-hybridized carbons (Fsp3) is 0.500. The number of carbonyl (C=O) groups is 1. The molecule has 0 aromatic heterocycles. The fourth-order valence-electron chi connectivity index (χ4n) is 1.88. The number of aliphatic hydroxyl groups is 1. The molecule has 1 rings (SSSR count). The van der Waals surface area contributed by atoms with Gasteiger partial charge in [-0.15, -0.1) is 0 Å². The Kier molecular flexibility index (Phi) is 6.31. The first kappa shape index (κ1) is 16.0. The summed E-state index contributed by atoms with van der Waals surface area (Å²) in [5.74, 6) is -0.142. The van der Waals surface area contributed by atoms with Gasteiger partial charge in [0.25, 0.3) is 0 Å². The van der Waals surface area contributed by atoms with Crippen molar-refractivity contribution in [3.8, 4) is 5.75 Å². The van der Waals surface area contributed by atoms with Crippen molar-refractivity contribution in [3.63, 3.8) is 0 Å². The van der Waals surface area contributed by atoms with E-state index in [1.54, 1.807) is 7.11 Å². The molecule has 2 N–H and O–H groups in total. The highest BCUT2D eigenvalue weighted by Gasteiger charge is 2.15. The van der Waals surface area contributed by atoms with E-state index in [2.05, 4.69) is 15.9 Å². The van der Waals surface area contributed by atoms with E-state index in [0.717, 1.165) is 15.6 Å². The Morgan fingerprint density at radius 1 is 1.42 bits per heavy atom. The van der Waals surface area contributed by atoms with E-state index in [1.807, 2.05) is 19.1 Å². The second-order valence-electron chi connectivity index (χ2n) is 4.50. The van der Waals surface area contributed by atoms with Gasteiger partial charge >= 0.3 is 5.97 Å². The number of aryl methyl sites for hydroxylation is 1. The highest BCUT2D eigenvalue weighted by atomic mass is 79.9. The zero-order valence-corrected chi connectivity index (χ0v) is 12.7. The summed E-state index contributed by atoms with van der Waals surface area (Å²) < 4.78 is 6.20. The summed E-state index contributed by atoms with van der Waals surface area (Å²) in [4.78, 5) is 10.4. The van der Waals surface area contributed by atoms with Gasteiger partial charge in [0.05, 0.1) is 13.2 Å². The van der Waals surface area contributed by atoms with E-state index in [0.29, 0.717) is 25.0 Å². The van der Waals surface area contributed by atoms with Gasteiger partial charge in [0.1, 0.15) is 5.75 Å². The van der Waals surface area contributed by atoms with Gasteiger partial charge in [-0.2, -0.15) is 0 Å². The number of benzene rings is 1. The molecule has 106 valence electrons. The number of ether oxygens (including phenoxy) is 1. The zero-order valence-electron chi connectivity index (χ0n) is 11.1. The van der Waals surface area contributed by atoms with Crippen LogP contribution in [0.4, 0.5) is 0 Å². The number of hydrogen-bond acceptors (Lipinski definition) is 3. The average Bonchev–Trinajstić information content (AvgIpc) is 2.36. The normalized spacial score (nSPS) is 12.2. The topological polar surface area (TPSA) is 66.8 Å². The summed E-state index contributed by atoms with van der Waals surface area (Å²) >= 11 is 3.43. The van der Waals surface area contributed by atoms with Gasteiger partial charge < -0.3 is 14.9 Å². The van der Waals surface area contributed by atoms with Crippen LogP contribution in [0.25, 0.3) is 0 Å². The number of unbranched alkanes of at least 4 members (excludes halogenated alkanes) is 1. The van der Waals surface area contributed by atoms with E-state index in [1.165, 1.54) is 0 Å². The van der Waals surface area contributed by atoms with Gasteiger partial charge in [-0.25, -0.2) is 0 Å². The molecular formula is C14H19BrO4. The number of carboxylic acids is 1. The predicted octanol–water partition coefficient (Wildman–Crippen LogP) is 3.44. The largest absolute Gasteiger partial charge is 0.496 e. The molecule has 0 aliphatic carbocycles. The van der Waals surface area contributed by atoms with Gasteiger partial charge in [0.2, 0.25) is 0 Å². The van der Waals surface area contributed by atoms with E-state index in [9.17, 15) is 9.90 Å². The summed E-state index contributed by atoms with van der Waals surface area (Å²) in [5.41, 5.74) is 1.77. The molecule has 0 aliphatic heterocycles. The lowest BCUT2D eigenvalue weighted by Gasteiger charge is -2.16. The number of rotatable bonds is 7. The molecule has 0 heterocycles. The molecule has 0 aliphatic rings. The lowest BCUT2D eigenvalue weighted by Crippen LogP contribution is -2.02. The number of aliphatic hydroxyl groups excluding tert-OH is 1. The minimum absolute atomic E-state index is 0.140. The average molecular weight is 331 g/mol. The molecule has 0 radical (unpaired) electrons. The summed E-state index contributed by atoms with van der Waals surface area (Å²) in [6.45, 7) is 1.95. The van der Waals surface area contributed by atoms with Crippen molar-refractivity contribution in [2.24, 2.45) is 0 Å². The minimum Gasteiger partial charge on any atom is -0.496 e. The molecule has 19 heavy (non-hydrogen) atoms. The third-order valence-electron chi connectivity index (χ3n) is 2.99. The molecule has 5 heteroatoms. The Labute approximate surface area is 121 Å². The number of hydrogen-bond donors (Lipinski definition) is 2. The molecule has 0 saturated carbocycles. The maximum absolute atomic E-state index is 10.4. The molecule has 1 unspecified atom stereocenters. The monoisotopic (exact) mass is 330 g/mol. The van der Waals surface area contributed by atoms with Gasteiger partial charge in [0, 0.05) is 16.5 Å². The molecular weight excluding hydrogens is 312 g/mol. The quantitative estimate of drug-likeness (QED) is 0.751. The summed E-state index contributed by atoms with van der Waals surface area (Å²) in [6, 6.07) is 3.73. The van der Waals surface area contributed by atoms with Crippen LogP contribution in [-0.4, -0.2) is 23.3 Å². The summed E-state index contributed by atoms with van der Waals surface area (Å²) in [5, 5.41) is 18.7. The number of methoxy groups -OCH3 is 1. The van der Waals surface area contributed by atoms with Crippen molar-refractivity contribution < 1.29 is 19.7 Å². The third-order valence-corrected chi connectivity index (χ3v) is 3.84. The molecule has 0 saturated heterocycles. The van der Waals surface area contributed by atoms with Crippen LogP contribution >= 0.6 is 15.9 Å². The Bertz CT molecular complexity index is 445. The first-order valence-corrected chi connectivity index (χ1v) is 6.99. The lowest BCUT2D eigenvalue weighted by molar-refractivity contribution is -0.137. The fourth-order valence-corrected chi connectivity index (χ4v) is 2.24. The van der Waals surface area contributed by atoms with Gasteiger partial charge in [-0.1, -0.05) is 15.9 Å². The van der Waals surface area contributed by atoms with E-state index >= 15 is 0 Å². The van der Waals surface area contributed by atoms with Crippen LogP contribution in [0.3, 0.4) is 0 Å². The second kappa shape index (κ2) is 7.50. The molecule has 4 nitrogen and oxygen atoms in total. The predicted molar refractivity (Wildman–Crippen MR) is 76.5 cm³/mol. The van der Waals surface area contributed by atoms with Gasteiger partial charge in [0.15, 0.2) is 0 Å². The number of carboxylic acid groups (broad SMARTS) is 1. The SMILES string of the molecule is COc1cc(C)c(Br)cc1C(O)CCCCC(=O)O. The van der Waals surface area contributed by atoms with Crippen LogP contribution in [0.1, 0.15) is 42.9 Å². The van der Waals surface area contributed by atoms with Gasteiger partial charge in [-0.3, -0.25) is 4.79 Å². The minimum atomic E-state index is -0.801. The Morgan fingerprint density at radius 3 is 2.68 bits per heavy atom. The van der Waals surface area contributed by atoms with Crippen molar-refractivity contribution >= 4 is 21.9 Å². The third kappa shape index (κ3) is 4.84. The van der Waals surface area contributed by atoms with Crippen LogP contribution in [0.5, 0.6) is 5.75 Å². The van der Waals surface area contributed by atoms with E-state index in [-0.39, 0.29) is 6.42 Å². The smallest absolute Gasteiger partial charge is 0.303 e. The molecule has 1 aromatic carbocycles. The van der Waals surface area contributed by atoms with Crippen molar-refractivity contribution in [1.82, 2.24) is 0 Å². The van der Waals surface area contributed by atoms with Crippen LogP contribution in [0, 0.1) is 6.92 Å². The Balaban J connectivity index is 2.67. The van der Waals surface area contributed by atoms with Crippen LogP contribution < -0.4 is 4.74 Å². The van der Waals surface area contributed by atoms with Crippen LogP contribution in [0.15, 0.2) is 16.6 Å². The molecule has 1 aromatic rings. The molecule has 0 fully saturated rings. The molecule has 0 bridgehead atoms. The van der Waals surface area contributed by atoms with Gasteiger partial charge in [-0.05, 0) is 43.9 Å². The van der Waals surface area contributed by atoms with Crippen molar-refractivity contribution in [3.05, 3.63) is 27.7 Å². The molecule has 0 amide bonds. The maximum Gasteiger partial charge on any atom is 0.303 e. The van der Waals surface area contributed by atoms with Crippen molar-refractivity contribution in [2.45, 2.75) is 38.7 Å². The summed E-state index contributed by atoms with van der Waals surface area (Å²) in [6.07, 6.45) is 1.27. The van der Waals surface area contributed by atoms with Crippen LogP contribution in [0.2, 0.25) is 0 Å². The summed E-state index contributed by atoms with van der Waals surface area (Å²) in [7, 11) is 1.57. The number of aliphatic carboxylic acids is 1. The Hall–Kier alpha value is -1.07. The maximum atomic E-state index is 10.4. The van der Waals surface area contributed by atoms with E-state index in [4.69, 9.17) is 9.84 Å². The van der Waals surface area contributed by atoms with Crippen LogP contribution in [-0.2, 0) is 4.79 Å². The van der Waals surface area contributed by atoms with Crippen molar-refractivity contribution in [2.75, 3.05) is 7.11 Å². The lowest BCUT2D eigenvalue weighted by atomic mass is 10.0. The standard InChI is InChI=1S/C14H19BrO4/c1-9-7-13(19-2)10(8-11(9)15)12(16)5-3-4-6-14(17)18/h7-8,12,16H,3-6H2,1-2H3,(H,17,18). The first-order chi connectivity index (χ1) is 8.95. The highest BCUT2D eigenvalue weighted by molar-refractivity contribution is 9.10. The van der Waals surface area contributed by atoms with E-state index < -0.39 is 12.1 Å². The highest BCUT2D eigenvalue weighted by Crippen LogP contribution is 2.33. The number of halogens is 1. The van der Waals surface area contributed by atoms with Crippen molar-refractivity contribution in [1.29, 1.82) is 0 Å². The molecule has 1 atom stereocenters.